The summed E-state index contributed by atoms with van der Waals surface area (Å²) < 4.78 is 6.19. The third-order valence-corrected chi connectivity index (χ3v) is 4.45. The van der Waals surface area contributed by atoms with Crippen LogP contribution < -0.4 is 5.32 Å². The average molecular weight is 245 g/mol. The minimum atomic E-state index is 0.00828. The first kappa shape index (κ1) is 12.2. The average Bonchev–Trinajstić information content (AvgIpc) is 2.39. The minimum Gasteiger partial charge on any atom is -0.370 e. The van der Waals surface area contributed by atoms with Crippen LogP contribution >= 0.6 is 0 Å². The van der Waals surface area contributed by atoms with Crippen molar-refractivity contribution in [2.45, 2.75) is 44.6 Å². The van der Waals surface area contributed by atoms with Crippen LogP contribution in [-0.2, 0) is 16.8 Å². The van der Waals surface area contributed by atoms with E-state index in [0.29, 0.717) is 5.92 Å². The monoisotopic (exact) mass is 245 g/mol. The quantitative estimate of drug-likeness (QED) is 0.821. The molecule has 1 fully saturated rings. The number of fused-ring (bicyclic) bond motifs is 2. The molecular formula is C16H23NO. The van der Waals surface area contributed by atoms with Crippen molar-refractivity contribution in [3.8, 4) is 0 Å². The van der Waals surface area contributed by atoms with Crippen molar-refractivity contribution >= 4 is 0 Å². The molecule has 1 N–H and O–H groups in total. The number of rotatable bonds is 1. The molecule has 0 aliphatic carbocycles. The maximum Gasteiger partial charge on any atom is 0.0958 e. The Kier molecular flexibility index (Phi) is 3.16. The van der Waals surface area contributed by atoms with E-state index < -0.39 is 0 Å². The molecule has 98 valence electrons. The summed E-state index contributed by atoms with van der Waals surface area (Å²) in [6, 6.07) is 7.03. The smallest absolute Gasteiger partial charge is 0.0958 e. The molecule has 2 aliphatic rings. The van der Waals surface area contributed by atoms with E-state index in [1.54, 1.807) is 0 Å². The highest BCUT2D eigenvalue weighted by Gasteiger charge is 2.38. The first-order valence-electron chi connectivity index (χ1n) is 7.19. The van der Waals surface area contributed by atoms with Gasteiger partial charge in [0.1, 0.15) is 0 Å². The van der Waals surface area contributed by atoms with Gasteiger partial charge in [0, 0.05) is 0 Å². The van der Waals surface area contributed by atoms with Crippen LogP contribution in [0.1, 0.15) is 49.3 Å². The number of hydrogen-bond donors (Lipinski definition) is 1. The predicted molar refractivity (Wildman–Crippen MR) is 74.0 cm³/mol. The molecule has 1 saturated heterocycles. The summed E-state index contributed by atoms with van der Waals surface area (Å²) in [5.74, 6) is 0.613. The van der Waals surface area contributed by atoms with E-state index in [2.05, 4.69) is 37.4 Å². The van der Waals surface area contributed by atoms with Gasteiger partial charge in [-0.3, -0.25) is 0 Å². The third-order valence-electron chi connectivity index (χ3n) is 4.45. The van der Waals surface area contributed by atoms with E-state index in [1.165, 1.54) is 16.7 Å². The minimum absolute atomic E-state index is 0.00828. The number of benzene rings is 1. The standard InChI is InChI=1S/C16H23NO/c1-12(2)13-3-4-15-14(11-13)5-10-18-16(15)6-8-17-9-7-16/h3-4,11-12,17H,5-10H2,1-2H3. The van der Waals surface area contributed by atoms with Gasteiger partial charge in [0.2, 0.25) is 0 Å². The van der Waals surface area contributed by atoms with Gasteiger partial charge < -0.3 is 10.1 Å². The first-order chi connectivity index (χ1) is 8.71. The van der Waals surface area contributed by atoms with Crippen LogP contribution in [-0.4, -0.2) is 19.7 Å². The van der Waals surface area contributed by atoms with Crippen LogP contribution in [0.15, 0.2) is 18.2 Å². The van der Waals surface area contributed by atoms with Gasteiger partial charge in [0.05, 0.1) is 12.2 Å². The highest BCUT2D eigenvalue weighted by molar-refractivity contribution is 5.39. The lowest BCUT2D eigenvalue weighted by molar-refractivity contribution is -0.0802. The van der Waals surface area contributed by atoms with Crippen molar-refractivity contribution in [1.29, 1.82) is 0 Å². The molecule has 0 unspecified atom stereocenters. The van der Waals surface area contributed by atoms with E-state index in [1.807, 2.05) is 0 Å². The summed E-state index contributed by atoms with van der Waals surface area (Å²) in [4.78, 5) is 0. The number of ether oxygens (including phenoxy) is 1. The molecular weight excluding hydrogens is 222 g/mol. The fourth-order valence-corrected chi connectivity index (χ4v) is 3.30. The predicted octanol–water partition coefficient (Wildman–Crippen LogP) is 2.96. The maximum absolute atomic E-state index is 6.19. The highest BCUT2D eigenvalue weighted by Crippen LogP contribution is 2.40. The second-order valence-electron chi connectivity index (χ2n) is 5.91. The van der Waals surface area contributed by atoms with Crippen LogP contribution in [0.5, 0.6) is 0 Å². The summed E-state index contributed by atoms with van der Waals surface area (Å²) in [5.41, 5.74) is 4.45. The van der Waals surface area contributed by atoms with Crippen LogP contribution in [0.3, 0.4) is 0 Å². The normalized spacial score (nSPS) is 22.2. The van der Waals surface area contributed by atoms with Crippen LogP contribution in [0.2, 0.25) is 0 Å². The molecule has 0 amide bonds. The van der Waals surface area contributed by atoms with Crippen LogP contribution in [0.25, 0.3) is 0 Å². The van der Waals surface area contributed by atoms with Crippen molar-refractivity contribution in [2.24, 2.45) is 0 Å². The Bertz CT molecular complexity index is 433. The Balaban J connectivity index is 2.00. The number of piperidine rings is 1. The lowest BCUT2D eigenvalue weighted by Gasteiger charge is -2.42. The second-order valence-corrected chi connectivity index (χ2v) is 5.91. The molecule has 2 heterocycles. The van der Waals surface area contributed by atoms with Crippen molar-refractivity contribution < 1.29 is 4.74 Å². The van der Waals surface area contributed by atoms with Crippen molar-refractivity contribution in [1.82, 2.24) is 5.32 Å². The van der Waals surface area contributed by atoms with E-state index in [-0.39, 0.29) is 5.60 Å². The molecule has 1 aromatic carbocycles. The van der Waals surface area contributed by atoms with Gasteiger partial charge in [-0.1, -0.05) is 32.0 Å². The molecule has 0 saturated carbocycles. The zero-order valence-corrected chi connectivity index (χ0v) is 11.5. The van der Waals surface area contributed by atoms with Gasteiger partial charge >= 0.3 is 0 Å². The van der Waals surface area contributed by atoms with E-state index in [0.717, 1.165) is 39.0 Å². The zero-order valence-electron chi connectivity index (χ0n) is 11.5. The Labute approximate surface area is 110 Å². The lowest BCUT2D eigenvalue weighted by atomic mass is 9.79. The summed E-state index contributed by atoms with van der Waals surface area (Å²) in [5, 5.41) is 3.44. The van der Waals surface area contributed by atoms with Gasteiger partial charge in [0.15, 0.2) is 0 Å². The largest absolute Gasteiger partial charge is 0.370 e. The number of hydrogen-bond acceptors (Lipinski definition) is 2. The summed E-state index contributed by atoms with van der Waals surface area (Å²) in [6.07, 6.45) is 3.30. The molecule has 1 spiro atoms. The second kappa shape index (κ2) is 4.67. The fraction of sp³-hybridized carbons (Fsp3) is 0.625. The molecule has 1 aromatic rings. The summed E-state index contributed by atoms with van der Waals surface area (Å²) in [7, 11) is 0. The Morgan fingerprint density at radius 2 is 2.00 bits per heavy atom. The molecule has 0 atom stereocenters. The lowest BCUT2D eigenvalue weighted by Crippen LogP contribution is -2.44. The molecule has 2 aliphatic heterocycles. The fourth-order valence-electron chi connectivity index (χ4n) is 3.30. The Morgan fingerprint density at radius 3 is 2.72 bits per heavy atom. The third kappa shape index (κ3) is 1.98. The van der Waals surface area contributed by atoms with Crippen LogP contribution in [0.4, 0.5) is 0 Å². The molecule has 2 heteroatoms. The molecule has 2 nitrogen and oxygen atoms in total. The van der Waals surface area contributed by atoms with E-state index in [4.69, 9.17) is 4.74 Å². The van der Waals surface area contributed by atoms with Gasteiger partial charge in [-0.2, -0.15) is 0 Å². The van der Waals surface area contributed by atoms with Crippen molar-refractivity contribution in [3.05, 3.63) is 34.9 Å². The van der Waals surface area contributed by atoms with Gasteiger partial charge in [0.25, 0.3) is 0 Å². The molecule has 0 aromatic heterocycles. The topological polar surface area (TPSA) is 21.3 Å². The zero-order chi connectivity index (χ0) is 12.6. The molecule has 3 rings (SSSR count). The maximum atomic E-state index is 6.19. The van der Waals surface area contributed by atoms with E-state index in [9.17, 15) is 0 Å². The first-order valence-corrected chi connectivity index (χ1v) is 7.19. The summed E-state index contributed by atoms with van der Waals surface area (Å²) >= 11 is 0. The molecule has 0 radical (unpaired) electrons. The van der Waals surface area contributed by atoms with E-state index >= 15 is 0 Å². The molecule has 0 bridgehead atoms. The van der Waals surface area contributed by atoms with Gasteiger partial charge in [-0.15, -0.1) is 0 Å². The van der Waals surface area contributed by atoms with Gasteiger partial charge in [-0.05, 0) is 55.0 Å². The highest BCUT2D eigenvalue weighted by atomic mass is 16.5. The number of nitrogens with one attached hydrogen (secondary N) is 1. The summed E-state index contributed by atoms with van der Waals surface area (Å²) in [6.45, 7) is 7.56. The van der Waals surface area contributed by atoms with Crippen LogP contribution in [0, 0.1) is 0 Å². The Hall–Kier alpha value is -0.860. The van der Waals surface area contributed by atoms with Crippen molar-refractivity contribution in [2.75, 3.05) is 19.7 Å². The van der Waals surface area contributed by atoms with Crippen molar-refractivity contribution in [3.63, 3.8) is 0 Å². The Morgan fingerprint density at radius 1 is 1.22 bits per heavy atom. The molecule has 18 heavy (non-hydrogen) atoms. The SMILES string of the molecule is CC(C)c1ccc2c(c1)CCOC21CCNCC1. The van der Waals surface area contributed by atoms with Gasteiger partial charge in [-0.25, -0.2) is 0 Å².